The van der Waals surface area contributed by atoms with E-state index in [1.807, 2.05) is 12.1 Å². The molecule has 0 spiro atoms. The van der Waals surface area contributed by atoms with Crippen LogP contribution in [0.5, 0.6) is 5.75 Å². The standard InChI is InChI=1S/C45H53F2N5O4/c46-45(47)26-32(23-29-3-1-2-4-29)42(38-12-10-36(53)25-39(38)45)31-5-7-34(8-6-31)50-17-15-30(16-18-50)27-49-19-21-51(22-20-49)35-9-11-37-33(24-35)28-52(44(37)56)40-13-14-41(54)48-43(40)55/h5-12,24-25,29-30,32,40,42,53H,1-4,13-23,26-28H2,(H,48,54,55)/t32-,40-,42-/m0/s1. The van der Waals surface area contributed by atoms with Gasteiger partial charge in [0, 0.05) is 93.6 Å². The largest absolute Gasteiger partial charge is 0.508 e. The van der Waals surface area contributed by atoms with Crippen molar-refractivity contribution in [2.75, 3.05) is 55.6 Å². The van der Waals surface area contributed by atoms with Crippen LogP contribution in [0.15, 0.2) is 60.7 Å². The van der Waals surface area contributed by atoms with E-state index >= 15 is 8.78 Å². The Morgan fingerprint density at radius 1 is 0.768 bits per heavy atom. The molecular formula is C45H53F2N5O4. The van der Waals surface area contributed by atoms with Gasteiger partial charge in [-0.25, -0.2) is 8.78 Å². The molecule has 9 rings (SSSR count). The quantitative estimate of drug-likeness (QED) is 0.238. The first-order valence-electron chi connectivity index (χ1n) is 20.9. The SMILES string of the molecule is O=C1CC[C@H](N2Cc3cc(N4CCN(CC5CCN(c6ccc([C@@H]7c8ccc(O)cc8C(F)(F)C[C@@H]7CC7CCCC7)cc6)CC5)CC4)ccc3C2=O)C(=O)N1. The van der Waals surface area contributed by atoms with Crippen molar-refractivity contribution in [3.63, 3.8) is 0 Å². The van der Waals surface area contributed by atoms with Gasteiger partial charge in [-0.3, -0.25) is 24.6 Å². The molecule has 3 aromatic rings. The molecule has 2 N–H and O–H groups in total. The van der Waals surface area contributed by atoms with E-state index in [4.69, 9.17) is 0 Å². The maximum Gasteiger partial charge on any atom is 0.273 e. The average Bonchev–Trinajstić information content (AvgIpc) is 3.83. The van der Waals surface area contributed by atoms with Gasteiger partial charge in [-0.2, -0.15) is 0 Å². The predicted octanol–water partition coefficient (Wildman–Crippen LogP) is 7.02. The van der Waals surface area contributed by atoms with E-state index in [9.17, 15) is 19.5 Å². The van der Waals surface area contributed by atoms with Crippen molar-refractivity contribution in [3.05, 3.63) is 88.5 Å². The summed E-state index contributed by atoms with van der Waals surface area (Å²) < 4.78 is 31.1. The molecule has 4 aliphatic heterocycles. The third-order valence-corrected chi connectivity index (χ3v) is 13.9. The number of aromatic hydroxyl groups is 1. The Bertz CT molecular complexity index is 1970. The number of carbonyl (C=O) groups excluding carboxylic acids is 3. The minimum atomic E-state index is -2.94. The zero-order chi connectivity index (χ0) is 38.6. The lowest BCUT2D eigenvalue weighted by Gasteiger charge is -2.40. The number of anilines is 2. The number of piperidine rings is 2. The molecular weight excluding hydrogens is 713 g/mol. The summed E-state index contributed by atoms with van der Waals surface area (Å²) in [7, 11) is 0. The Labute approximate surface area is 328 Å². The van der Waals surface area contributed by atoms with Crippen LogP contribution in [0.4, 0.5) is 20.2 Å². The zero-order valence-corrected chi connectivity index (χ0v) is 32.1. The second-order valence-electron chi connectivity index (χ2n) is 17.4. The third kappa shape index (κ3) is 7.27. The molecule has 1 saturated carbocycles. The Hall–Kier alpha value is -4.51. The smallest absolute Gasteiger partial charge is 0.273 e. The number of fused-ring (bicyclic) bond motifs is 2. The molecule has 6 aliphatic rings. The lowest BCUT2D eigenvalue weighted by molar-refractivity contribution is -0.136. The van der Waals surface area contributed by atoms with Crippen molar-refractivity contribution in [1.82, 2.24) is 15.1 Å². The number of nitrogens with one attached hydrogen (secondary N) is 1. The van der Waals surface area contributed by atoms with E-state index in [-0.39, 0.29) is 53.7 Å². The number of imide groups is 1. The van der Waals surface area contributed by atoms with Gasteiger partial charge in [-0.1, -0.05) is 43.9 Å². The van der Waals surface area contributed by atoms with Crippen LogP contribution in [-0.4, -0.2) is 84.5 Å². The van der Waals surface area contributed by atoms with E-state index in [0.717, 1.165) is 94.7 Å². The van der Waals surface area contributed by atoms with Crippen LogP contribution < -0.4 is 15.1 Å². The number of hydrogen-bond donors (Lipinski definition) is 2. The molecule has 3 amide bonds. The highest BCUT2D eigenvalue weighted by Crippen LogP contribution is 2.54. The summed E-state index contributed by atoms with van der Waals surface area (Å²) in [5, 5.41) is 12.5. The number of carbonyl (C=O) groups is 3. The minimum absolute atomic E-state index is 0.0151. The maximum absolute atomic E-state index is 15.5. The number of nitrogens with zero attached hydrogens (tertiary/aromatic N) is 4. The van der Waals surface area contributed by atoms with E-state index in [2.05, 4.69) is 50.3 Å². The van der Waals surface area contributed by atoms with Crippen LogP contribution in [0, 0.1) is 17.8 Å². The van der Waals surface area contributed by atoms with E-state index in [1.165, 1.54) is 24.6 Å². The topological polar surface area (TPSA) is 96.4 Å². The van der Waals surface area contributed by atoms with Gasteiger partial charge in [-0.15, -0.1) is 0 Å². The average molecular weight is 766 g/mol. The van der Waals surface area contributed by atoms with Crippen LogP contribution in [0.1, 0.15) is 103 Å². The lowest BCUT2D eigenvalue weighted by Crippen LogP contribution is -2.52. The summed E-state index contributed by atoms with van der Waals surface area (Å²) >= 11 is 0. The number of phenolic OH excluding ortho intramolecular Hbond substituents is 1. The third-order valence-electron chi connectivity index (χ3n) is 13.9. The minimum Gasteiger partial charge on any atom is -0.508 e. The van der Waals surface area contributed by atoms with Gasteiger partial charge in [0.15, 0.2) is 0 Å². The molecule has 0 bridgehead atoms. The molecule has 2 aliphatic carbocycles. The predicted molar refractivity (Wildman–Crippen MR) is 211 cm³/mol. The van der Waals surface area contributed by atoms with Gasteiger partial charge in [-0.05, 0) is 103 Å². The monoisotopic (exact) mass is 765 g/mol. The molecule has 9 nitrogen and oxygen atoms in total. The molecule has 4 fully saturated rings. The second-order valence-corrected chi connectivity index (χ2v) is 17.4. The summed E-state index contributed by atoms with van der Waals surface area (Å²) in [6.07, 6.45) is 8.20. The van der Waals surface area contributed by atoms with Gasteiger partial charge in [0.05, 0.1) is 0 Å². The molecule has 0 aromatic heterocycles. The lowest BCUT2D eigenvalue weighted by atomic mass is 9.67. The Balaban J connectivity index is 0.781. The van der Waals surface area contributed by atoms with Crippen molar-refractivity contribution in [2.24, 2.45) is 17.8 Å². The molecule has 3 atom stereocenters. The van der Waals surface area contributed by atoms with E-state index < -0.39 is 12.0 Å². The number of alkyl halides is 2. The maximum atomic E-state index is 15.5. The molecule has 0 unspecified atom stereocenters. The number of phenols is 1. The fraction of sp³-hybridized carbons (Fsp3) is 0.533. The van der Waals surface area contributed by atoms with E-state index in [0.29, 0.717) is 35.9 Å². The van der Waals surface area contributed by atoms with Gasteiger partial charge < -0.3 is 19.8 Å². The van der Waals surface area contributed by atoms with Crippen LogP contribution in [0.25, 0.3) is 0 Å². The number of hydrogen-bond acceptors (Lipinski definition) is 7. The van der Waals surface area contributed by atoms with E-state index in [1.54, 1.807) is 17.0 Å². The van der Waals surface area contributed by atoms with Crippen molar-refractivity contribution < 1.29 is 28.3 Å². The van der Waals surface area contributed by atoms with Crippen LogP contribution in [0.2, 0.25) is 0 Å². The Morgan fingerprint density at radius 3 is 2.21 bits per heavy atom. The highest BCUT2D eigenvalue weighted by molar-refractivity contribution is 6.05. The molecule has 3 saturated heterocycles. The summed E-state index contributed by atoms with van der Waals surface area (Å²) in [5.74, 6) is -2.94. The van der Waals surface area contributed by atoms with Crippen molar-refractivity contribution in [2.45, 2.75) is 88.6 Å². The number of halogens is 2. The Morgan fingerprint density at radius 2 is 1.48 bits per heavy atom. The molecule has 3 aromatic carbocycles. The summed E-state index contributed by atoms with van der Waals surface area (Å²) in [6, 6.07) is 18.7. The van der Waals surface area contributed by atoms with Crippen LogP contribution >= 0.6 is 0 Å². The fourth-order valence-corrected chi connectivity index (χ4v) is 10.9. The van der Waals surface area contributed by atoms with Gasteiger partial charge in [0.25, 0.3) is 11.8 Å². The molecule has 0 radical (unpaired) electrons. The number of amides is 3. The van der Waals surface area contributed by atoms with Gasteiger partial charge in [0.2, 0.25) is 11.8 Å². The van der Waals surface area contributed by atoms with Crippen molar-refractivity contribution in [3.8, 4) is 5.75 Å². The van der Waals surface area contributed by atoms with Gasteiger partial charge in [0.1, 0.15) is 11.8 Å². The van der Waals surface area contributed by atoms with Crippen LogP contribution in [-0.2, 0) is 22.1 Å². The van der Waals surface area contributed by atoms with Gasteiger partial charge >= 0.3 is 0 Å². The number of rotatable bonds is 8. The first-order valence-corrected chi connectivity index (χ1v) is 20.9. The summed E-state index contributed by atoms with van der Waals surface area (Å²) in [5.41, 5.74) is 5.63. The normalized spacial score (nSPS) is 26.1. The summed E-state index contributed by atoms with van der Waals surface area (Å²) in [4.78, 5) is 46.3. The first kappa shape index (κ1) is 37.1. The highest BCUT2D eigenvalue weighted by atomic mass is 19.3. The van der Waals surface area contributed by atoms with Crippen molar-refractivity contribution >= 4 is 29.1 Å². The number of benzene rings is 3. The van der Waals surface area contributed by atoms with Crippen LogP contribution in [0.3, 0.4) is 0 Å². The summed E-state index contributed by atoms with van der Waals surface area (Å²) in [6.45, 7) is 7.27. The molecule has 11 heteroatoms. The zero-order valence-electron chi connectivity index (χ0n) is 32.1. The van der Waals surface area contributed by atoms with Crippen molar-refractivity contribution in [1.29, 1.82) is 0 Å². The fourth-order valence-electron chi connectivity index (χ4n) is 10.9. The number of piperazine rings is 1. The Kier molecular flexibility index (Phi) is 10.0. The highest BCUT2D eigenvalue weighted by Gasteiger charge is 2.47. The molecule has 296 valence electrons. The molecule has 4 heterocycles. The molecule has 56 heavy (non-hydrogen) atoms. The first-order chi connectivity index (χ1) is 27.1. The second kappa shape index (κ2) is 15.1.